The summed E-state index contributed by atoms with van der Waals surface area (Å²) in [6.07, 6.45) is 6.98. The van der Waals surface area contributed by atoms with Crippen LogP contribution >= 0.6 is 0 Å². The van der Waals surface area contributed by atoms with E-state index in [0.29, 0.717) is 6.42 Å². The minimum absolute atomic E-state index is 0.247. The zero-order chi connectivity index (χ0) is 11.1. The van der Waals surface area contributed by atoms with Crippen molar-refractivity contribution in [2.24, 2.45) is 0 Å². The molecule has 1 aromatic heterocycles. The number of Topliss-reactive ketones (excluding diaryl/α,β-unsaturated/α-hetero) is 1. The van der Waals surface area contributed by atoms with Gasteiger partial charge in [0.15, 0.2) is 5.78 Å². The van der Waals surface area contributed by atoms with Gasteiger partial charge in [0.25, 0.3) is 0 Å². The van der Waals surface area contributed by atoms with Crippen LogP contribution in [0.15, 0.2) is 18.3 Å². The molecule has 82 valence electrons. The highest BCUT2D eigenvalue weighted by molar-refractivity contribution is 5.95. The maximum absolute atomic E-state index is 11.7. The predicted molar refractivity (Wildman–Crippen MR) is 62.1 cm³/mol. The van der Waals surface area contributed by atoms with Crippen molar-refractivity contribution in [3.63, 3.8) is 0 Å². The van der Waals surface area contributed by atoms with Crippen molar-refractivity contribution in [1.82, 2.24) is 4.98 Å². The maximum atomic E-state index is 11.7. The zero-order valence-electron chi connectivity index (χ0n) is 9.62. The van der Waals surface area contributed by atoms with Crippen molar-refractivity contribution >= 4 is 5.78 Å². The van der Waals surface area contributed by atoms with E-state index in [0.717, 1.165) is 24.1 Å². The van der Waals surface area contributed by atoms with Gasteiger partial charge in [-0.3, -0.25) is 9.78 Å². The third kappa shape index (κ3) is 4.24. The fraction of sp³-hybridized carbons (Fsp3) is 0.538. The summed E-state index contributed by atoms with van der Waals surface area (Å²) >= 11 is 0. The van der Waals surface area contributed by atoms with Crippen LogP contribution in [0.3, 0.4) is 0 Å². The number of rotatable bonds is 6. The Morgan fingerprint density at radius 3 is 2.80 bits per heavy atom. The molecule has 1 heterocycles. The van der Waals surface area contributed by atoms with E-state index in [-0.39, 0.29) is 5.78 Å². The Morgan fingerprint density at radius 2 is 2.13 bits per heavy atom. The van der Waals surface area contributed by atoms with Crippen molar-refractivity contribution in [1.29, 1.82) is 0 Å². The van der Waals surface area contributed by atoms with Gasteiger partial charge in [-0.05, 0) is 25.5 Å². The summed E-state index contributed by atoms with van der Waals surface area (Å²) in [6.45, 7) is 4.09. The summed E-state index contributed by atoms with van der Waals surface area (Å²) in [5.74, 6) is 0.247. The Balaban J connectivity index is 2.40. The van der Waals surface area contributed by atoms with Gasteiger partial charge < -0.3 is 0 Å². The number of pyridine rings is 1. The molecule has 1 aromatic rings. The Kier molecular flexibility index (Phi) is 5.02. The molecule has 0 aliphatic carbocycles. The van der Waals surface area contributed by atoms with Crippen molar-refractivity contribution in [3.05, 3.63) is 29.6 Å². The Labute approximate surface area is 91.7 Å². The lowest BCUT2D eigenvalue weighted by molar-refractivity contribution is 0.0979. The first-order chi connectivity index (χ1) is 7.24. The molecule has 0 aliphatic heterocycles. The first kappa shape index (κ1) is 11.9. The summed E-state index contributed by atoms with van der Waals surface area (Å²) in [4.78, 5) is 15.8. The maximum Gasteiger partial charge on any atom is 0.162 e. The van der Waals surface area contributed by atoms with Crippen LogP contribution in [0.25, 0.3) is 0 Å². The van der Waals surface area contributed by atoms with Gasteiger partial charge in [0.1, 0.15) is 0 Å². The van der Waals surface area contributed by atoms with Gasteiger partial charge in [-0.15, -0.1) is 0 Å². The van der Waals surface area contributed by atoms with E-state index >= 15 is 0 Å². The molecular formula is C13H19NO. The summed E-state index contributed by atoms with van der Waals surface area (Å²) in [5, 5.41) is 0. The molecule has 0 aliphatic rings. The molecule has 0 fully saturated rings. The molecule has 0 aromatic carbocycles. The number of hydrogen-bond donors (Lipinski definition) is 0. The standard InChI is InChI=1S/C13H19NO/c1-3-4-5-6-7-13(15)12-8-9-14-11(2)10-12/h8-10H,3-7H2,1-2H3. The van der Waals surface area contributed by atoms with Gasteiger partial charge in [-0.25, -0.2) is 0 Å². The zero-order valence-corrected chi connectivity index (χ0v) is 9.62. The monoisotopic (exact) mass is 205 g/mol. The summed E-state index contributed by atoms with van der Waals surface area (Å²) < 4.78 is 0. The van der Waals surface area contributed by atoms with Gasteiger partial charge in [0.2, 0.25) is 0 Å². The highest BCUT2D eigenvalue weighted by Gasteiger charge is 2.05. The molecule has 0 saturated heterocycles. The van der Waals surface area contributed by atoms with Crippen LogP contribution < -0.4 is 0 Å². The molecule has 0 bridgehead atoms. The summed E-state index contributed by atoms with van der Waals surface area (Å²) in [6, 6.07) is 3.66. The molecule has 2 heteroatoms. The summed E-state index contributed by atoms with van der Waals surface area (Å²) in [7, 11) is 0. The van der Waals surface area contributed by atoms with Crippen molar-refractivity contribution in [2.75, 3.05) is 0 Å². The number of carbonyl (C=O) groups is 1. The van der Waals surface area contributed by atoms with Crippen LogP contribution in [-0.4, -0.2) is 10.8 Å². The molecule has 1 rings (SSSR count). The molecule has 0 spiro atoms. The normalized spacial score (nSPS) is 10.3. The number of aromatic nitrogens is 1. The lowest BCUT2D eigenvalue weighted by Crippen LogP contribution is -1.99. The lowest BCUT2D eigenvalue weighted by Gasteiger charge is -2.01. The van der Waals surface area contributed by atoms with Crippen LogP contribution in [0.1, 0.15) is 55.1 Å². The van der Waals surface area contributed by atoms with E-state index in [9.17, 15) is 4.79 Å². The van der Waals surface area contributed by atoms with Crippen molar-refractivity contribution in [2.45, 2.75) is 46.0 Å². The van der Waals surface area contributed by atoms with Crippen LogP contribution in [0.2, 0.25) is 0 Å². The molecule has 0 unspecified atom stereocenters. The molecule has 0 radical (unpaired) electrons. The topological polar surface area (TPSA) is 30.0 Å². The Bertz CT molecular complexity index is 320. The van der Waals surface area contributed by atoms with E-state index in [1.165, 1.54) is 12.8 Å². The first-order valence-corrected chi connectivity index (χ1v) is 5.70. The van der Waals surface area contributed by atoms with Crippen LogP contribution in [-0.2, 0) is 0 Å². The molecule has 0 atom stereocenters. The molecular weight excluding hydrogens is 186 g/mol. The number of unbranched alkanes of at least 4 members (excludes halogenated alkanes) is 3. The van der Waals surface area contributed by atoms with Crippen LogP contribution in [0.5, 0.6) is 0 Å². The number of aryl methyl sites for hydroxylation is 1. The van der Waals surface area contributed by atoms with Crippen molar-refractivity contribution in [3.8, 4) is 0 Å². The van der Waals surface area contributed by atoms with E-state index in [1.54, 1.807) is 12.3 Å². The fourth-order valence-corrected chi connectivity index (χ4v) is 1.58. The van der Waals surface area contributed by atoms with E-state index in [2.05, 4.69) is 11.9 Å². The number of ketones is 1. The second-order valence-electron chi connectivity index (χ2n) is 3.92. The minimum atomic E-state index is 0.247. The van der Waals surface area contributed by atoms with Gasteiger partial charge in [-0.1, -0.05) is 26.2 Å². The molecule has 0 saturated carbocycles. The predicted octanol–water partition coefficient (Wildman–Crippen LogP) is 3.54. The lowest BCUT2D eigenvalue weighted by atomic mass is 10.0. The van der Waals surface area contributed by atoms with Gasteiger partial charge >= 0.3 is 0 Å². The third-order valence-electron chi connectivity index (χ3n) is 2.48. The fourth-order valence-electron chi connectivity index (χ4n) is 1.58. The Hall–Kier alpha value is -1.18. The molecule has 0 N–H and O–H groups in total. The van der Waals surface area contributed by atoms with Crippen molar-refractivity contribution < 1.29 is 4.79 Å². The average Bonchev–Trinajstić information content (AvgIpc) is 2.24. The average molecular weight is 205 g/mol. The third-order valence-corrected chi connectivity index (χ3v) is 2.48. The quantitative estimate of drug-likeness (QED) is 0.525. The first-order valence-electron chi connectivity index (χ1n) is 5.70. The molecule has 2 nitrogen and oxygen atoms in total. The number of carbonyl (C=O) groups excluding carboxylic acids is 1. The second kappa shape index (κ2) is 6.33. The van der Waals surface area contributed by atoms with Crippen LogP contribution in [0.4, 0.5) is 0 Å². The van der Waals surface area contributed by atoms with E-state index in [1.807, 2.05) is 13.0 Å². The van der Waals surface area contributed by atoms with Gasteiger partial charge in [-0.2, -0.15) is 0 Å². The second-order valence-corrected chi connectivity index (χ2v) is 3.92. The van der Waals surface area contributed by atoms with E-state index < -0.39 is 0 Å². The Morgan fingerprint density at radius 1 is 1.33 bits per heavy atom. The van der Waals surface area contributed by atoms with E-state index in [4.69, 9.17) is 0 Å². The van der Waals surface area contributed by atoms with Gasteiger partial charge in [0, 0.05) is 23.9 Å². The minimum Gasteiger partial charge on any atom is -0.294 e. The number of nitrogens with zero attached hydrogens (tertiary/aromatic N) is 1. The largest absolute Gasteiger partial charge is 0.294 e. The SMILES string of the molecule is CCCCCCC(=O)c1ccnc(C)c1. The molecule has 0 amide bonds. The number of hydrogen-bond acceptors (Lipinski definition) is 2. The smallest absolute Gasteiger partial charge is 0.162 e. The summed E-state index contributed by atoms with van der Waals surface area (Å²) in [5.41, 5.74) is 1.72. The van der Waals surface area contributed by atoms with Crippen LogP contribution in [0, 0.1) is 6.92 Å². The highest BCUT2D eigenvalue weighted by Crippen LogP contribution is 2.09. The molecule has 15 heavy (non-hydrogen) atoms. The highest BCUT2D eigenvalue weighted by atomic mass is 16.1. The van der Waals surface area contributed by atoms with Gasteiger partial charge in [0.05, 0.1) is 0 Å².